The zero-order valence-corrected chi connectivity index (χ0v) is 15.0. The fourth-order valence-electron chi connectivity index (χ4n) is 2.42. The predicted octanol–water partition coefficient (Wildman–Crippen LogP) is 2.75. The number of rotatable bonds is 8. The van der Waals surface area contributed by atoms with Gasteiger partial charge in [-0.25, -0.2) is 0 Å². The Kier molecular flexibility index (Phi) is 6.65. The summed E-state index contributed by atoms with van der Waals surface area (Å²) in [5.74, 6) is 1.84. The van der Waals surface area contributed by atoms with Gasteiger partial charge in [-0.1, -0.05) is 12.1 Å². The second kappa shape index (κ2) is 8.94. The standard InChI is InChI=1S/C19H24N2O4/c1-13-5-7-16(23-2)15(9-13)21-19(22)12-20-11-14-6-8-17(24-3)18(10-14)25-4/h5-10,20H,11-12H2,1-4H3,(H,21,22). The summed E-state index contributed by atoms with van der Waals surface area (Å²) in [5, 5.41) is 5.97. The van der Waals surface area contributed by atoms with Gasteiger partial charge in [0, 0.05) is 6.54 Å². The number of ether oxygens (including phenoxy) is 3. The van der Waals surface area contributed by atoms with E-state index in [0.717, 1.165) is 11.1 Å². The summed E-state index contributed by atoms with van der Waals surface area (Å²) in [4.78, 5) is 12.1. The lowest BCUT2D eigenvalue weighted by Gasteiger charge is -2.12. The van der Waals surface area contributed by atoms with Crippen molar-refractivity contribution in [2.75, 3.05) is 33.2 Å². The van der Waals surface area contributed by atoms with E-state index >= 15 is 0 Å². The number of carbonyl (C=O) groups is 1. The third-order valence-electron chi connectivity index (χ3n) is 3.69. The van der Waals surface area contributed by atoms with Crippen molar-refractivity contribution in [3.63, 3.8) is 0 Å². The Labute approximate surface area is 148 Å². The molecule has 0 atom stereocenters. The van der Waals surface area contributed by atoms with Crippen LogP contribution in [-0.4, -0.2) is 33.8 Å². The molecule has 6 heteroatoms. The maximum Gasteiger partial charge on any atom is 0.238 e. The molecule has 0 aliphatic rings. The van der Waals surface area contributed by atoms with Crippen LogP contribution < -0.4 is 24.8 Å². The number of hydrogen-bond donors (Lipinski definition) is 2. The molecule has 0 saturated heterocycles. The Morgan fingerprint density at radius 3 is 2.28 bits per heavy atom. The molecule has 2 aromatic rings. The molecule has 0 unspecified atom stereocenters. The first kappa shape index (κ1) is 18.6. The highest BCUT2D eigenvalue weighted by molar-refractivity contribution is 5.93. The summed E-state index contributed by atoms with van der Waals surface area (Å²) in [5.41, 5.74) is 2.72. The fourth-order valence-corrected chi connectivity index (χ4v) is 2.42. The predicted molar refractivity (Wildman–Crippen MR) is 97.6 cm³/mol. The SMILES string of the molecule is COc1ccc(C)cc1NC(=O)CNCc1ccc(OC)c(OC)c1. The topological polar surface area (TPSA) is 68.8 Å². The molecule has 0 aromatic heterocycles. The van der Waals surface area contributed by atoms with Crippen LogP contribution in [0.3, 0.4) is 0 Å². The smallest absolute Gasteiger partial charge is 0.238 e. The highest BCUT2D eigenvalue weighted by Crippen LogP contribution is 2.27. The molecular weight excluding hydrogens is 320 g/mol. The van der Waals surface area contributed by atoms with Gasteiger partial charge in [0.05, 0.1) is 33.6 Å². The third-order valence-corrected chi connectivity index (χ3v) is 3.69. The van der Waals surface area contributed by atoms with E-state index in [4.69, 9.17) is 14.2 Å². The molecule has 0 radical (unpaired) electrons. The summed E-state index contributed by atoms with van der Waals surface area (Å²) in [6.45, 7) is 2.69. The van der Waals surface area contributed by atoms with Crippen molar-refractivity contribution in [1.29, 1.82) is 0 Å². The van der Waals surface area contributed by atoms with E-state index in [1.165, 1.54) is 0 Å². The van der Waals surface area contributed by atoms with Crippen molar-refractivity contribution in [2.24, 2.45) is 0 Å². The number of amides is 1. The van der Waals surface area contributed by atoms with E-state index in [1.807, 2.05) is 43.3 Å². The van der Waals surface area contributed by atoms with Crippen LogP contribution in [0.2, 0.25) is 0 Å². The second-order valence-corrected chi connectivity index (χ2v) is 5.54. The molecule has 0 spiro atoms. The van der Waals surface area contributed by atoms with Crippen molar-refractivity contribution in [3.8, 4) is 17.2 Å². The van der Waals surface area contributed by atoms with Crippen LogP contribution >= 0.6 is 0 Å². The normalized spacial score (nSPS) is 10.2. The van der Waals surface area contributed by atoms with Crippen molar-refractivity contribution >= 4 is 11.6 Å². The number of carbonyl (C=O) groups excluding carboxylic acids is 1. The maximum atomic E-state index is 12.1. The number of anilines is 1. The van der Waals surface area contributed by atoms with E-state index < -0.39 is 0 Å². The molecule has 0 bridgehead atoms. The number of hydrogen-bond acceptors (Lipinski definition) is 5. The molecule has 2 rings (SSSR count). The Morgan fingerprint density at radius 1 is 0.920 bits per heavy atom. The minimum Gasteiger partial charge on any atom is -0.495 e. The lowest BCUT2D eigenvalue weighted by atomic mass is 10.2. The lowest BCUT2D eigenvalue weighted by Crippen LogP contribution is -2.27. The lowest BCUT2D eigenvalue weighted by molar-refractivity contribution is -0.115. The van der Waals surface area contributed by atoms with Crippen LogP contribution in [0, 0.1) is 6.92 Å². The van der Waals surface area contributed by atoms with Gasteiger partial charge in [0.2, 0.25) is 5.91 Å². The van der Waals surface area contributed by atoms with Gasteiger partial charge in [-0.05, 0) is 42.3 Å². The first-order valence-corrected chi connectivity index (χ1v) is 7.93. The number of benzene rings is 2. The van der Waals surface area contributed by atoms with Gasteiger partial charge in [-0.3, -0.25) is 4.79 Å². The first-order valence-electron chi connectivity index (χ1n) is 7.93. The zero-order chi connectivity index (χ0) is 18.2. The maximum absolute atomic E-state index is 12.1. The molecule has 0 aliphatic carbocycles. The largest absolute Gasteiger partial charge is 0.495 e. The monoisotopic (exact) mass is 344 g/mol. The molecule has 0 heterocycles. The van der Waals surface area contributed by atoms with Gasteiger partial charge in [-0.2, -0.15) is 0 Å². The molecule has 2 aromatic carbocycles. The quantitative estimate of drug-likeness (QED) is 0.771. The minimum atomic E-state index is -0.135. The molecular formula is C19H24N2O4. The van der Waals surface area contributed by atoms with Gasteiger partial charge < -0.3 is 24.8 Å². The summed E-state index contributed by atoms with van der Waals surface area (Å²) >= 11 is 0. The summed E-state index contributed by atoms with van der Waals surface area (Å²) in [6, 6.07) is 11.3. The minimum absolute atomic E-state index is 0.135. The van der Waals surface area contributed by atoms with Crippen molar-refractivity contribution in [3.05, 3.63) is 47.5 Å². The highest BCUT2D eigenvalue weighted by atomic mass is 16.5. The third kappa shape index (κ3) is 5.12. The van der Waals surface area contributed by atoms with Gasteiger partial charge >= 0.3 is 0 Å². The first-order chi connectivity index (χ1) is 12.1. The van der Waals surface area contributed by atoms with E-state index in [1.54, 1.807) is 21.3 Å². The molecule has 1 amide bonds. The molecule has 25 heavy (non-hydrogen) atoms. The van der Waals surface area contributed by atoms with Gasteiger partial charge in [0.25, 0.3) is 0 Å². The van der Waals surface area contributed by atoms with Crippen LogP contribution in [0.1, 0.15) is 11.1 Å². The Balaban J connectivity index is 1.90. The van der Waals surface area contributed by atoms with Gasteiger partial charge in [0.15, 0.2) is 11.5 Å². The van der Waals surface area contributed by atoms with E-state index in [2.05, 4.69) is 10.6 Å². The van der Waals surface area contributed by atoms with Crippen molar-refractivity contribution in [2.45, 2.75) is 13.5 Å². The fraction of sp³-hybridized carbons (Fsp3) is 0.316. The van der Waals surface area contributed by atoms with Gasteiger partial charge in [-0.15, -0.1) is 0 Å². The van der Waals surface area contributed by atoms with Crippen LogP contribution in [0.5, 0.6) is 17.2 Å². The van der Waals surface area contributed by atoms with Crippen molar-refractivity contribution < 1.29 is 19.0 Å². The molecule has 0 saturated carbocycles. The zero-order valence-electron chi connectivity index (χ0n) is 15.0. The Bertz CT molecular complexity index is 731. The second-order valence-electron chi connectivity index (χ2n) is 5.54. The summed E-state index contributed by atoms with van der Waals surface area (Å²) in [6.07, 6.45) is 0. The van der Waals surface area contributed by atoms with Crippen LogP contribution in [0.25, 0.3) is 0 Å². The summed E-state index contributed by atoms with van der Waals surface area (Å²) < 4.78 is 15.7. The number of nitrogens with one attached hydrogen (secondary N) is 2. The average Bonchev–Trinajstić information content (AvgIpc) is 2.61. The average molecular weight is 344 g/mol. The van der Waals surface area contributed by atoms with Crippen LogP contribution in [0.4, 0.5) is 5.69 Å². The van der Waals surface area contributed by atoms with Crippen LogP contribution in [0.15, 0.2) is 36.4 Å². The Hall–Kier alpha value is -2.73. The highest BCUT2D eigenvalue weighted by Gasteiger charge is 2.08. The molecule has 0 fully saturated rings. The van der Waals surface area contributed by atoms with E-state index in [0.29, 0.717) is 29.5 Å². The Morgan fingerprint density at radius 2 is 1.60 bits per heavy atom. The number of methoxy groups -OCH3 is 3. The van der Waals surface area contributed by atoms with E-state index in [9.17, 15) is 4.79 Å². The molecule has 2 N–H and O–H groups in total. The molecule has 0 aliphatic heterocycles. The molecule has 6 nitrogen and oxygen atoms in total. The van der Waals surface area contributed by atoms with E-state index in [-0.39, 0.29) is 12.5 Å². The molecule has 134 valence electrons. The van der Waals surface area contributed by atoms with Crippen LogP contribution in [-0.2, 0) is 11.3 Å². The number of aryl methyl sites for hydroxylation is 1. The van der Waals surface area contributed by atoms with Gasteiger partial charge in [0.1, 0.15) is 5.75 Å². The summed E-state index contributed by atoms with van der Waals surface area (Å²) in [7, 11) is 4.77. The van der Waals surface area contributed by atoms with Crippen molar-refractivity contribution in [1.82, 2.24) is 5.32 Å².